The van der Waals surface area contributed by atoms with Gasteiger partial charge >= 0.3 is 5.97 Å². The maximum atomic E-state index is 12.2. The summed E-state index contributed by atoms with van der Waals surface area (Å²) in [5.41, 5.74) is 2.82. The molecule has 0 radical (unpaired) electrons. The number of nitrogens with zero attached hydrogens (tertiary/aromatic N) is 1. The van der Waals surface area contributed by atoms with Crippen molar-refractivity contribution < 1.29 is 14.7 Å². The average Bonchev–Trinajstić information content (AvgIpc) is 3.22. The minimum atomic E-state index is -0.804. The Labute approximate surface area is 133 Å². The quantitative estimate of drug-likeness (QED) is 0.788. The van der Waals surface area contributed by atoms with Crippen molar-refractivity contribution >= 4 is 11.9 Å². The van der Waals surface area contributed by atoms with Crippen LogP contribution in [0, 0.1) is 11.8 Å². The summed E-state index contributed by atoms with van der Waals surface area (Å²) >= 11 is 0. The number of carboxylic acid groups (broad SMARTS) is 1. The van der Waals surface area contributed by atoms with Crippen molar-refractivity contribution in [2.45, 2.75) is 25.8 Å². The van der Waals surface area contributed by atoms with Gasteiger partial charge in [-0.3, -0.25) is 14.7 Å². The fourth-order valence-corrected chi connectivity index (χ4v) is 3.07. The average molecular weight is 313 g/mol. The van der Waals surface area contributed by atoms with Gasteiger partial charge in [0, 0.05) is 18.0 Å². The van der Waals surface area contributed by atoms with Crippen molar-refractivity contribution in [3.05, 3.63) is 42.1 Å². The molecule has 1 aliphatic carbocycles. The van der Waals surface area contributed by atoms with E-state index in [4.69, 9.17) is 5.11 Å². The molecule has 3 rings (SSSR count). The molecular weight excluding hydrogens is 294 g/mol. The van der Waals surface area contributed by atoms with Gasteiger partial charge in [0.05, 0.1) is 17.8 Å². The van der Waals surface area contributed by atoms with E-state index >= 15 is 0 Å². The van der Waals surface area contributed by atoms with E-state index in [1.807, 2.05) is 30.3 Å². The lowest BCUT2D eigenvalue weighted by Crippen LogP contribution is -2.29. The summed E-state index contributed by atoms with van der Waals surface area (Å²) in [7, 11) is 0. The fraction of sp³-hybridized carbons (Fsp3) is 0.353. The number of H-pyrrole nitrogens is 1. The molecular formula is C17H19N3O3. The summed E-state index contributed by atoms with van der Waals surface area (Å²) < 4.78 is 0. The Morgan fingerprint density at radius 1 is 1.22 bits per heavy atom. The molecule has 23 heavy (non-hydrogen) atoms. The molecule has 1 heterocycles. The number of amides is 1. The molecule has 3 N–H and O–H groups in total. The maximum Gasteiger partial charge on any atom is 0.306 e. The Kier molecular flexibility index (Phi) is 4.41. The highest BCUT2D eigenvalue weighted by molar-refractivity contribution is 5.81. The van der Waals surface area contributed by atoms with Gasteiger partial charge in [-0.05, 0) is 24.8 Å². The van der Waals surface area contributed by atoms with Gasteiger partial charge in [0.15, 0.2) is 0 Å². The fourth-order valence-electron chi connectivity index (χ4n) is 3.07. The van der Waals surface area contributed by atoms with Crippen LogP contribution in [0.15, 0.2) is 36.5 Å². The Hall–Kier alpha value is -2.63. The molecule has 6 nitrogen and oxygen atoms in total. The topological polar surface area (TPSA) is 95.1 Å². The molecule has 0 saturated heterocycles. The standard InChI is InChI=1S/C17H19N3O3/c21-16(12-6-7-13(8-12)17(22)23)18-9-14-10-19-20-15(14)11-4-2-1-3-5-11/h1-5,10,12-13H,6-9H2,(H,18,21)(H,19,20)(H,22,23)/t12-,13+/m0/s1. The number of benzene rings is 1. The van der Waals surface area contributed by atoms with Gasteiger partial charge < -0.3 is 10.4 Å². The summed E-state index contributed by atoms with van der Waals surface area (Å²) in [6, 6.07) is 9.80. The minimum absolute atomic E-state index is 0.0750. The summed E-state index contributed by atoms with van der Waals surface area (Å²) in [6.07, 6.45) is 3.35. The third kappa shape index (κ3) is 3.41. The Balaban J connectivity index is 1.60. The molecule has 1 saturated carbocycles. The van der Waals surface area contributed by atoms with Gasteiger partial charge in [-0.2, -0.15) is 5.10 Å². The third-order valence-corrected chi connectivity index (χ3v) is 4.39. The summed E-state index contributed by atoms with van der Waals surface area (Å²) in [5.74, 6) is -1.47. The van der Waals surface area contributed by atoms with Crippen LogP contribution in [0.25, 0.3) is 11.3 Å². The first-order chi connectivity index (χ1) is 11.1. The molecule has 1 aromatic carbocycles. The Morgan fingerprint density at radius 2 is 1.96 bits per heavy atom. The number of rotatable bonds is 5. The molecule has 1 fully saturated rings. The zero-order chi connectivity index (χ0) is 16.2. The van der Waals surface area contributed by atoms with E-state index in [2.05, 4.69) is 15.5 Å². The van der Waals surface area contributed by atoms with E-state index in [9.17, 15) is 9.59 Å². The number of aromatic nitrogens is 2. The van der Waals surface area contributed by atoms with Crippen LogP contribution in [-0.2, 0) is 16.1 Å². The molecule has 1 aliphatic rings. The number of carbonyl (C=O) groups is 2. The highest BCUT2D eigenvalue weighted by Crippen LogP contribution is 2.31. The van der Waals surface area contributed by atoms with E-state index in [0.717, 1.165) is 16.8 Å². The molecule has 0 bridgehead atoms. The van der Waals surface area contributed by atoms with Crippen molar-refractivity contribution in [3.63, 3.8) is 0 Å². The van der Waals surface area contributed by atoms with Gasteiger partial charge in [0.1, 0.15) is 0 Å². The molecule has 0 unspecified atom stereocenters. The number of aromatic amines is 1. The number of carboxylic acids is 1. The predicted octanol–water partition coefficient (Wildman–Crippen LogP) is 2.19. The first-order valence-electron chi connectivity index (χ1n) is 7.73. The Morgan fingerprint density at radius 3 is 2.65 bits per heavy atom. The van der Waals surface area contributed by atoms with Crippen molar-refractivity contribution in [2.75, 3.05) is 0 Å². The zero-order valence-corrected chi connectivity index (χ0v) is 12.7. The monoisotopic (exact) mass is 313 g/mol. The van der Waals surface area contributed by atoms with Crippen molar-refractivity contribution in [1.29, 1.82) is 0 Å². The highest BCUT2D eigenvalue weighted by Gasteiger charge is 2.33. The van der Waals surface area contributed by atoms with E-state index in [0.29, 0.717) is 25.8 Å². The molecule has 6 heteroatoms. The zero-order valence-electron chi connectivity index (χ0n) is 12.7. The first kappa shape index (κ1) is 15.3. The van der Waals surface area contributed by atoms with Gasteiger partial charge in [0.2, 0.25) is 5.91 Å². The number of nitrogens with one attached hydrogen (secondary N) is 2. The number of hydrogen-bond donors (Lipinski definition) is 3. The first-order valence-corrected chi connectivity index (χ1v) is 7.73. The molecule has 1 amide bonds. The molecule has 2 atom stereocenters. The van der Waals surface area contributed by atoms with Crippen LogP contribution in [0.1, 0.15) is 24.8 Å². The second-order valence-corrected chi connectivity index (χ2v) is 5.90. The van der Waals surface area contributed by atoms with Crippen LogP contribution in [0.5, 0.6) is 0 Å². The van der Waals surface area contributed by atoms with Gasteiger partial charge in [-0.1, -0.05) is 30.3 Å². The van der Waals surface area contributed by atoms with E-state index in [1.54, 1.807) is 6.20 Å². The minimum Gasteiger partial charge on any atom is -0.481 e. The molecule has 2 aromatic rings. The van der Waals surface area contributed by atoms with E-state index < -0.39 is 5.97 Å². The SMILES string of the molecule is O=C(O)[C@@H]1CC[C@H](C(=O)NCc2cn[nH]c2-c2ccccc2)C1. The van der Waals surface area contributed by atoms with Crippen molar-refractivity contribution in [3.8, 4) is 11.3 Å². The summed E-state index contributed by atoms with van der Waals surface area (Å²) in [5, 5.41) is 18.9. The number of carbonyl (C=O) groups excluding carboxylic acids is 1. The van der Waals surface area contributed by atoms with Crippen LogP contribution >= 0.6 is 0 Å². The lowest BCUT2D eigenvalue weighted by Gasteiger charge is -2.11. The van der Waals surface area contributed by atoms with Crippen LogP contribution in [-0.4, -0.2) is 27.2 Å². The molecule has 0 spiro atoms. The lowest BCUT2D eigenvalue weighted by atomic mass is 10.0. The lowest BCUT2D eigenvalue weighted by molar-refractivity contribution is -0.141. The largest absolute Gasteiger partial charge is 0.481 e. The molecule has 120 valence electrons. The second kappa shape index (κ2) is 6.64. The van der Waals surface area contributed by atoms with Gasteiger partial charge in [0.25, 0.3) is 0 Å². The van der Waals surface area contributed by atoms with Crippen LogP contribution in [0.2, 0.25) is 0 Å². The van der Waals surface area contributed by atoms with Crippen LogP contribution in [0.3, 0.4) is 0 Å². The molecule has 0 aliphatic heterocycles. The third-order valence-electron chi connectivity index (χ3n) is 4.39. The van der Waals surface area contributed by atoms with Crippen molar-refractivity contribution in [2.24, 2.45) is 11.8 Å². The van der Waals surface area contributed by atoms with Gasteiger partial charge in [-0.25, -0.2) is 0 Å². The maximum absolute atomic E-state index is 12.2. The van der Waals surface area contributed by atoms with Crippen LogP contribution < -0.4 is 5.32 Å². The van der Waals surface area contributed by atoms with Gasteiger partial charge in [-0.15, -0.1) is 0 Å². The predicted molar refractivity (Wildman–Crippen MR) is 84.3 cm³/mol. The van der Waals surface area contributed by atoms with E-state index in [1.165, 1.54) is 0 Å². The number of hydrogen-bond acceptors (Lipinski definition) is 3. The van der Waals surface area contributed by atoms with Crippen LogP contribution in [0.4, 0.5) is 0 Å². The van der Waals surface area contributed by atoms with Crippen molar-refractivity contribution in [1.82, 2.24) is 15.5 Å². The number of aliphatic carboxylic acids is 1. The highest BCUT2D eigenvalue weighted by atomic mass is 16.4. The Bertz CT molecular complexity index is 696. The van der Waals surface area contributed by atoms with E-state index in [-0.39, 0.29) is 17.7 Å². The normalized spacial score (nSPS) is 20.3. The summed E-state index contributed by atoms with van der Waals surface area (Å²) in [6.45, 7) is 0.383. The summed E-state index contributed by atoms with van der Waals surface area (Å²) in [4.78, 5) is 23.2. The smallest absolute Gasteiger partial charge is 0.306 e. The second-order valence-electron chi connectivity index (χ2n) is 5.90. The molecule has 1 aromatic heterocycles.